The molecule has 0 bridgehead atoms. The van der Waals surface area contributed by atoms with Gasteiger partial charge >= 0.3 is 0 Å². The number of nitrogens with zero attached hydrogens (tertiary/aromatic N) is 1. The summed E-state index contributed by atoms with van der Waals surface area (Å²) in [4.78, 5) is 2.71. The van der Waals surface area contributed by atoms with Gasteiger partial charge < -0.3 is 10.2 Å². The van der Waals surface area contributed by atoms with Crippen LogP contribution in [-0.4, -0.2) is 37.1 Å². The number of hydrogen-bond donors (Lipinski definition) is 1. The molecule has 1 aliphatic heterocycles. The summed E-state index contributed by atoms with van der Waals surface area (Å²) in [5, 5.41) is 3.40. The highest BCUT2D eigenvalue weighted by Gasteiger charge is 2.26. The first-order chi connectivity index (χ1) is 6.40. The zero-order valence-corrected chi connectivity index (χ0v) is 8.76. The quantitative estimate of drug-likeness (QED) is 0.698. The van der Waals surface area contributed by atoms with Crippen LogP contribution in [0.3, 0.4) is 0 Å². The molecule has 0 aromatic carbocycles. The van der Waals surface area contributed by atoms with E-state index in [1.54, 1.807) is 0 Å². The molecule has 0 amide bonds. The summed E-state index contributed by atoms with van der Waals surface area (Å²) < 4.78 is 0. The van der Waals surface area contributed by atoms with Crippen LogP contribution in [0.25, 0.3) is 0 Å². The molecule has 2 heteroatoms. The Balaban J connectivity index is 1.77. The fraction of sp³-hybridized carbons (Fsp3) is 1.00. The molecule has 2 aliphatic rings. The van der Waals surface area contributed by atoms with E-state index in [4.69, 9.17) is 0 Å². The smallest absolute Gasteiger partial charge is 0.00964 e. The average molecular weight is 182 g/mol. The van der Waals surface area contributed by atoms with Gasteiger partial charge in [0.1, 0.15) is 0 Å². The fourth-order valence-electron chi connectivity index (χ4n) is 2.84. The molecule has 1 saturated carbocycles. The van der Waals surface area contributed by atoms with Gasteiger partial charge in [-0.25, -0.2) is 0 Å². The van der Waals surface area contributed by atoms with Crippen LogP contribution in [0.4, 0.5) is 0 Å². The minimum Gasteiger partial charge on any atom is -0.317 e. The molecule has 0 aromatic heterocycles. The lowest BCUT2D eigenvalue weighted by atomic mass is 9.90. The summed E-state index contributed by atoms with van der Waals surface area (Å²) in [6.07, 6.45) is 8.49. The van der Waals surface area contributed by atoms with Gasteiger partial charge in [-0.2, -0.15) is 0 Å². The standard InChI is InChI=1S/C11H22N2/c1-12-10-4-6-11(7-5-10)13-8-2-3-9-13/h10-12H,2-9H2,1H3. The summed E-state index contributed by atoms with van der Waals surface area (Å²) in [6.45, 7) is 2.74. The molecule has 2 fully saturated rings. The topological polar surface area (TPSA) is 15.3 Å². The third kappa shape index (κ3) is 2.23. The molecule has 0 unspecified atom stereocenters. The van der Waals surface area contributed by atoms with E-state index < -0.39 is 0 Å². The van der Waals surface area contributed by atoms with Crippen molar-refractivity contribution in [2.24, 2.45) is 0 Å². The van der Waals surface area contributed by atoms with Crippen LogP contribution in [0.15, 0.2) is 0 Å². The maximum Gasteiger partial charge on any atom is 0.00964 e. The van der Waals surface area contributed by atoms with E-state index in [0.717, 1.165) is 12.1 Å². The maximum absolute atomic E-state index is 3.40. The van der Waals surface area contributed by atoms with Crippen molar-refractivity contribution in [1.29, 1.82) is 0 Å². The van der Waals surface area contributed by atoms with Crippen molar-refractivity contribution in [3.05, 3.63) is 0 Å². The number of nitrogens with one attached hydrogen (secondary N) is 1. The number of hydrogen-bond acceptors (Lipinski definition) is 2. The van der Waals surface area contributed by atoms with Gasteiger partial charge in [0.05, 0.1) is 0 Å². The molecule has 1 saturated heterocycles. The summed E-state index contributed by atoms with van der Waals surface area (Å²) in [5.41, 5.74) is 0. The second-order valence-electron chi connectivity index (χ2n) is 4.54. The predicted molar refractivity (Wildman–Crippen MR) is 55.9 cm³/mol. The molecule has 2 nitrogen and oxygen atoms in total. The van der Waals surface area contributed by atoms with E-state index in [-0.39, 0.29) is 0 Å². The average Bonchev–Trinajstić information content (AvgIpc) is 2.71. The highest BCUT2D eigenvalue weighted by Crippen LogP contribution is 2.25. The van der Waals surface area contributed by atoms with Crippen molar-refractivity contribution >= 4 is 0 Å². The van der Waals surface area contributed by atoms with Crippen molar-refractivity contribution in [3.63, 3.8) is 0 Å². The Labute approximate surface area is 81.7 Å². The molecule has 76 valence electrons. The Kier molecular flexibility index (Phi) is 3.23. The Bertz CT molecular complexity index is 144. The van der Waals surface area contributed by atoms with Gasteiger partial charge in [-0.15, -0.1) is 0 Å². The van der Waals surface area contributed by atoms with Crippen molar-refractivity contribution in [1.82, 2.24) is 10.2 Å². The van der Waals surface area contributed by atoms with Gasteiger partial charge in [-0.05, 0) is 58.7 Å². The van der Waals surface area contributed by atoms with Gasteiger partial charge in [-0.3, -0.25) is 0 Å². The van der Waals surface area contributed by atoms with Gasteiger partial charge in [0.15, 0.2) is 0 Å². The summed E-state index contributed by atoms with van der Waals surface area (Å²) in [6, 6.07) is 1.73. The molecule has 1 N–H and O–H groups in total. The number of likely N-dealkylation sites (tertiary alicyclic amines) is 1. The maximum atomic E-state index is 3.40. The van der Waals surface area contributed by atoms with Gasteiger partial charge in [0.25, 0.3) is 0 Å². The molecule has 0 spiro atoms. The van der Waals surface area contributed by atoms with Gasteiger partial charge in [0, 0.05) is 12.1 Å². The van der Waals surface area contributed by atoms with Crippen LogP contribution in [0.2, 0.25) is 0 Å². The van der Waals surface area contributed by atoms with Gasteiger partial charge in [0.2, 0.25) is 0 Å². The Morgan fingerprint density at radius 3 is 2.15 bits per heavy atom. The van der Waals surface area contributed by atoms with E-state index in [2.05, 4.69) is 17.3 Å². The number of rotatable bonds is 2. The van der Waals surface area contributed by atoms with Crippen molar-refractivity contribution in [3.8, 4) is 0 Å². The molecule has 13 heavy (non-hydrogen) atoms. The minimum atomic E-state index is 0.804. The Morgan fingerprint density at radius 1 is 1.00 bits per heavy atom. The summed E-state index contributed by atoms with van der Waals surface area (Å²) in [5.74, 6) is 0. The van der Waals surface area contributed by atoms with Crippen LogP contribution >= 0.6 is 0 Å². The SMILES string of the molecule is CNC1CCC(N2CCCC2)CC1. The highest BCUT2D eigenvalue weighted by molar-refractivity contribution is 4.83. The van der Waals surface area contributed by atoms with Crippen LogP contribution < -0.4 is 5.32 Å². The molecule has 2 rings (SSSR count). The Morgan fingerprint density at radius 2 is 1.62 bits per heavy atom. The molecular weight excluding hydrogens is 160 g/mol. The molecule has 0 aromatic rings. The zero-order chi connectivity index (χ0) is 9.10. The second kappa shape index (κ2) is 4.43. The first kappa shape index (κ1) is 9.47. The van der Waals surface area contributed by atoms with Gasteiger partial charge in [-0.1, -0.05) is 0 Å². The monoisotopic (exact) mass is 182 g/mol. The fourth-order valence-corrected chi connectivity index (χ4v) is 2.84. The molecule has 1 heterocycles. The lowest BCUT2D eigenvalue weighted by Crippen LogP contribution is -2.40. The van der Waals surface area contributed by atoms with E-state index >= 15 is 0 Å². The van der Waals surface area contributed by atoms with Crippen molar-refractivity contribution in [2.45, 2.75) is 50.6 Å². The normalized spacial score (nSPS) is 36.7. The van der Waals surface area contributed by atoms with Crippen LogP contribution in [-0.2, 0) is 0 Å². The minimum absolute atomic E-state index is 0.804. The second-order valence-corrected chi connectivity index (χ2v) is 4.54. The van der Waals surface area contributed by atoms with Crippen molar-refractivity contribution < 1.29 is 0 Å². The summed E-state index contributed by atoms with van der Waals surface area (Å²) >= 11 is 0. The predicted octanol–water partition coefficient (Wildman–Crippen LogP) is 1.61. The summed E-state index contributed by atoms with van der Waals surface area (Å²) in [7, 11) is 2.10. The lowest BCUT2D eigenvalue weighted by Gasteiger charge is -2.34. The van der Waals surface area contributed by atoms with Crippen LogP contribution in [0, 0.1) is 0 Å². The van der Waals surface area contributed by atoms with E-state index in [1.165, 1.54) is 51.6 Å². The molecule has 0 radical (unpaired) electrons. The van der Waals surface area contributed by atoms with Crippen LogP contribution in [0.5, 0.6) is 0 Å². The third-order valence-corrected chi connectivity index (χ3v) is 3.76. The molecule has 0 atom stereocenters. The zero-order valence-electron chi connectivity index (χ0n) is 8.76. The first-order valence-electron chi connectivity index (χ1n) is 5.81. The first-order valence-corrected chi connectivity index (χ1v) is 5.81. The van der Waals surface area contributed by atoms with Crippen LogP contribution in [0.1, 0.15) is 38.5 Å². The largest absolute Gasteiger partial charge is 0.317 e. The highest BCUT2D eigenvalue weighted by atomic mass is 15.2. The van der Waals surface area contributed by atoms with E-state index in [0.29, 0.717) is 0 Å². The van der Waals surface area contributed by atoms with E-state index in [9.17, 15) is 0 Å². The molecular formula is C11H22N2. The van der Waals surface area contributed by atoms with Crippen molar-refractivity contribution in [2.75, 3.05) is 20.1 Å². The molecule has 1 aliphatic carbocycles. The van der Waals surface area contributed by atoms with E-state index in [1.807, 2.05) is 0 Å². The lowest BCUT2D eigenvalue weighted by molar-refractivity contribution is 0.176. The Hall–Kier alpha value is -0.0800. The third-order valence-electron chi connectivity index (χ3n) is 3.76.